The summed E-state index contributed by atoms with van der Waals surface area (Å²) in [4.78, 5) is 24.0. The molecule has 1 heterocycles. The lowest BCUT2D eigenvalue weighted by atomic mass is 9.92. The van der Waals surface area contributed by atoms with Crippen molar-refractivity contribution in [2.24, 2.45) is 7.05 Å². The Hall–Kier alpha value is -2.40. The van der Waals surface area contributed by atoms with Crippen LogP contribution in [-0.4, -0.2) is 21.5 Å². The second kappa shape index (κ2) is 7.87. The van der Waals surface area contributed by atoms with Gasteiger partial charge in [-0.25, -0.2) is 4.79 Å². The Morgan fingerprint density at radius 3 is 2.42 bits per heavy atom. The van der Waals surface area contributed by atoms with Gasteiger partial charge in [-0.05, 0) is 62.9 Å². The van der Waals surface area contributed by atoms with E-state index < -0.39 is 5.97 Å². The fourth-order valence-electron chi connectivity index (χ4n) is 3.17. The van der Waals surface area contributed by atoms with E-state index in [1.165, 1.54) is 6.08 Å². The Kier molecular flexibility index (Phi) is 6.03. The SMILES string of the molecule is CC(=O)c1c(C)cc(C)c(COC(=O)/C=C/c2c(C)nn(C)c2Cl)c1C. The first-order valence-corrected chi connectivity index (χ1v) is 8.65. The molecule has 0 radical (unpaired) electrons. The maximum Gasteiger partial charge on any atom is 0.331 e. The van der Waals surface area contributed by atoms with Crippen LogP contribution >= 0.6 is 11.6 Å². The Morgan fingerprint density at radius 2 is 1.88 bits per heavy atom. The van der Waals surface area contributed by atoms with Gasteiger partial charge >= 0.3 is 5.97 Å². The number of nitrogens with zero attached hydrogens (tertiary/aromatic N) is 2. The van der Waals surface area contributed by atoms with Crippen LogP contribution in [0.5, 0.6) is 0 Å². The van der Waals surface area contributed by atoms with Gasteiger partial charge in [-0.2, -0.15) is 5.10 Å². The number of carbonyl (C=O) groups is 2. The number of hydrogen-bond donors (Lipinski definition) is 0. The van der Waals surface area contributed by atoms with Crippen molar-refractivity contribution in [1.82, 2.24) is 9.78 Å². The zero-order valence-corrected chi connectivity index (χ0v) is 16.7. The molecule has 0 fully saturated rings. The second-order valence-electron chi connectivity index (χ2n) is 6.40. The molecule has 0 aliphatic heterocycles. The van der Waals surface area contributed by atoms with Crippen molar-refractivity contribution in [3.05, 3.63) is 56.4 Å². The molecule has 2 rings (SSSR count). The fraction of sp³-hybridized carbons (Fsp3) is 0.350. The van der Waals surface area contributed by atoms with E-state index in [9.17, 15) is 9.59 Å². The molecule has 26 heavy (non-hydrogen) atoms. The van der Waals surface area contributed by atoms with E-state index in [1.807, 2.05) is 33.8 Å². The molecule has 0 N–H and O–H groups in total. The number of ether oxygens (including phenoxy) is 1. The number of esters is 1. The molecular formula is C20H23ClN2O3. The third kappa shape index (κ3) is 4.05. The number of Topliss-reactive ketones (excluding diaryl/α,β-unsaturated/α-hetero) is 1. The van der Waals surface area contributed by atoms with E-state index in [1.54, 1.807) is 24.7 Å². The van der Waals surface area contributed by atoms with Crippen LogP contribution in [0.3, 0.4) is 0 Å². The van der Waals surface area contributed by atoms with Gasteiger partial charge in [-0.3, -0.25) is 9.48 Å². The predicted octanol–water partition coefficient (Wildman–Crippen LogP) is 4.27. The molecule has 0 aliphatic rings. The number of aryl methyl sites for hydroxylation is 4. The van der Waals surface area contributed by atoms with Crippen molar-refractivity contribution in [1.29, 1.82) is 0 Å². The first-order chi connectivity index (χ1) is 12.1. The minimum atomic E-state index is -0.479. The minimum Gasteiger partial charge on any atom is -0.458 e. The van der Waals surface area contributed by atoms with Crippen LogP contribution in [0, 0.1) is 27.7 Å². The van der Waals surface area contributed by atoms with Gasteiger partial charge in [0.2, 0.25) is 0 Å². The number of hydrogen-bond acceptors (Lipinski definition) is 4. The smallest absolute Gasteiger partial charge is 0.331 e. The van der Waals surface area contributed by atoms with Gasteiger partial charge in [0.25, 0.3) is 0 Å². The number of halogens is 1. The molecular weight excluding hydrogens is 352 g/mol. The van der Waals surface area contributed by atoms with Gasteiger partial charge in [-0.15, -0.1) is 0 Å². The van der Waals surface area contributed by atoms with E-state index in [0.29, 0.717) is 16.3 Å². The van der Waals surface area contributed by atoms with Crippen LogP contribution in [-0.2, 0) is 23.2 Å². The maximum absolute atomic E-state index is 12.1. The van der Waals surface area contributed by atoms with Gasteiger partial charge in [0.05, 0.1) is 5.69 Å². The van der Waals surface area contributed by atoms with Crippen LogP contribution in [0.4, 0.5) is 0 Å². The highest BCUT2D eigenvalue weighted by Crippen LogP contribution is 2.24. The molecule has 1 aromatic heterocycles. The summed E-state index contributed by atoms with van der Waals surface area (Å²) in [5.41, 5.74) is 5.76. The van der Waals surface area contributed by atoms with E-state index in [-0.39, 0.29) is 12.4 Å². The molecule has 0 atom stereocenters. The molecule has 2 aromatic rings. The van der Waals surface area contributed by atoms with Gasteiger partial charge in [0.15, 0.2) is 5.78 Å². The van der Waals surface area contributed by atoms with Crippen molar-refractivity contribution in [3.63, 3.8) is 0 Å². The summed E-state index contributed by atoms with van der Waals surface area (Å²) in [7, 11) is 1.74. The van der Waals surface area contributed by atoms with Gasteiger partial charge in [-0.1, -0.05) is 17.7 Å². The topological polar surface area (TPSA) is 61.2 Å². The van der Waals surface area contributed by atoms with Crippen LogP contribution in [0.25, 0.3) is 6.08 Å². The van der Waals surface area contributed by atoms with E-state index in [4.69, 9.17) is 16.3 Å². The molecule has 0 amide bonds. The van der Waals surface area contributed by atoms with Gasteiger partial charge in [0.1, 0.15) is 11.8 Å². The highest BCUT2D eigenvalue weighted by molar-refractivity contribution is 6.31. The van der Waals surface area contributed by atoms with Crippen LogP contribution in [0.2, 0.25) is 5.15 Å². The Morgan fingerprint density at radius 1 is 1.23 bits per heavy atom. The number of aromatic nitrogens is 2. The lowest BCUT2D eigenvalue weighted by Crippen LogP contribution is -2.09. The molecule has 0 bridgehead atoms. The number of carbonyl (C=O) groups excluding carboxylic acids is 2. The minimum absolute atomic E-state index is 0.00849. The monoisotopic (exact) mass is 374 g/mol. The van der Waals surface area contributed by atoms with Crippen molar-refractivity contribution >= 4 is 29.4 Å². The maximum atomic E-state index is 12.1. The number of ketones is 1. The molecule has 0 aliphatic carbocycles. The van der Waals surface area contributed by atoms with Crippen LogP contribution in [0.15, 0.2) is 12.1 Å². The number of benzene rings is 1. The third-order valence-corrected chi connectivity index (χ3v) is 4.87. The average Bonchev–Trinajstić information content (AvgIpc) is 2.77. The molecule has 5 nitrogen and oxygen atoms in total. The van der Waals surface area contributed by atoms with Gasteiger partial charge < -0.3 is 4.74 Å². The van der Waals surface area contributed by atoms with Crippen molar-refractivity contribution in [3.8, 4) is 0 Å². The summed E-state index contributed by atoms with van der Waals surface area (Å²) in [5.74, 6) is -0.470. The summed E-state index contributed by atoms with van der Waals surface area (Å²) < 4.78 is 6.91. The number of rotatable bonds is 5. The van der Waals surface area contributed by atoms with E-state index in [2.05, 4.69) is 5.10 Å². The van der Waals surface area contributed by atoms with E-state index in [0.717, 1.165) is 27.9 Å². The third-order valence-electron chi connectivity index (χ3n) is 4.42. The lowest BCUT2D eigenvalue weighted by Gasteiger charge is -2.15. The molecule has 0 spiro atoms. The molecule has 0 unspecified atom stereocenters. The average molecular weight is 375 g/mol. The molecule has 1 aromatic carbocycles. The molecule has 0 saturated carbocycles. The lowest BCUT2D eigenvalue weighted by molar-refractivity contribution is -0.138. The van der Waals surface area contributed by atoms with Crippen molar-refractivity contribution in [2.75, 3.05) is 0 Å². The summed E-state index contributed by atoms with van der Waals surface area (Å²) >= 11 is 6.14. The quantitative estimate of drug-likeness (QED) is 0.445. The van der Waals surface area contributed by atoms with E-state index >= 15 is 0 Å². The molecule has 6 heteroatoms. The Bertz CT molecular complexity index is 911. The predicted molar refractivity (Wildman–Crippen MR) is 102 cm³/mol. The van der Waals surface area contributed by atoms with Crippen LogP contribution in [0.1, 0.15) is 50.8 Å². The normalized spacial score (nSPS) is 11.2. The zero-order valence-electron chi connectivity index (χ0n) is 15.9. The highest BCUT2D eigenvalue weighted by atomic mass is 35.5. The first-order valence-electron chi connectivity index (χ1n) is 8.28. The standard InChI is InChI=1S/C20H23ClN2O3/c1-11-9-12(2)19(15(5)24)13(3)17(11)10-26-18(25)8-7-16-14(4)22-23(6)20(16)21/h7-9H,10H2,1-6H3/b8-7+. The highest BCUT2D eigenvalue weighted by Gasteiger charge is 2.15. The summed E-state index contributed by atoms with van der Waals surface area (Å²) in [6.45, 7) is 9.22. The first kappa shape index (κ1) is 19.9. The summed E-state index contributed by atoms with van der Waals surface area (Å²) in [6, 6.07) is 1.95. The molecule has 138 valence electrons. The summed E-state index contributed by atoms with van der Waals surface area (Å²) in [6.07, 6.45) is 2.93. The van der Waals surface area contributed by atoms with Crippen LogP contribution < -0.4 is 0 Å². The second-order valence-corrected chi connectivity index (χ2v) is 6.76. The van der Waals surface area contributed by atoms with Gasteiger partial charge in [0, 0.05) is 24.3 Å². The van der Waals surface area contributed by atoms with Crippen molar-refractivity contribution in [2.45, 2.75) is 41.2 Å². The summed E-state index contributed by atoms with van der Waals surface area (Å²) in [5, 5.41) is 4.65. The molecule has 0 saturated heterocycles. The largest absolute Gasteiger partial charge is 0.458 e. The van der Waals surface area contributed by atoms with Crippen molar-refractivity contribution < 1.29 is 14.3 Å². The Balaban J connectivity index is 2.16. The Labute approximate surface area is 158 Å². The zero-order chi connectivity index (χ0) is 19.6. The fourth-order valence-corrected chi connectivity index (χ4v) is 3.41.